The SMILES string of the molecule is COc1ccc(-c2noc(CN3CCC(C(=O)Nc4ccccc4)CC3)n2)cc1. The average Bonchev–Trinajstić information content (AvgIpc) is 3.23. The molecule has 1 saturated heterocycles. The average molecular weight is 392 g/mol. The molecule has 1 aliphatic heterocycles. The number of rotatable bonds is 6. The molecule has 0 atom stereocenters. The Kier molecular flexibility index (Phi) is 5.86. The summed E-state index contributed by atoms with van der Waals surface area (Å²) in [6.07, 6.45) is 1.64. The number of aromatic nitrogens is 2. The Bertz CT molecular complexity index is 932. The Morgan fingerprint density at radius 3 is 2.55 bits per heavy atom. The standard InChI is InChI=1S/C22H24N4O3/c1-28-19-9-7-16(8-10-19)21-24-20(29-25-21)15-26-13-11-17(12-14-26)22(27)23-18-5-3-2-4-6-18/h2-10,17H,11-15H2,1H3,(H,23,27). The molecule has 29 heavy (non-hydrogen) atoms. The highest BCUT2D eigenvalue weighted by Gasteiger charge is 2.26. The molecular weight excluding hydrogens is 368 g/mol. The third-order valence-corrected chi connectivity index (χ3v) is 5.17. The van der Waals surface area contributed by atoms with Crippen LogP contribution in [0.25, 0.3) is 11.4 Å². The first kappa shape index (κ1) is 19.1. The highest BCUT2D eigenvalue weighted by molar-refractivity contribution is 5.92. The highest BCUT2D eigenvalue weighted by atomic mass is 16.5. The van der Waals surface area contributed by atoms with Crippen LogP contribution in [-0.2, 0) is 11.3 Å². The third-order valence-electron chi connectivity index (χ3n) is 5.17. The molecule has 0 radical (unpaired) electrons. The molecule has 0 bridgehead atoms. The smallest absolute Gasteiger partial charge is 0.241 e. The van der Waals surface area contributed by atoms with Gasteiger partial charge < -0.3 is 14.6 Å². The monoisotopic (exact) mass is 392 g/mol. The van der Waals surface area contributed by atoms with E-state index in [-0.39, 0.29) is 11.8 Å². The van der Waals surface area contributed by atoms with Crippen LogP contribution in [-0.4, -0.2) is 41.1 Å². The van der Waals surface area contributed by atoms with E-state index in [0.717, 1.165) is 42.9 Å². The number of carbonyl (C=O) groups is 1. The van der Waals surface area contributed by atoms with Gasteiger partial charge in [-0.15, -0.1) is 0 Å². The van der Waals surface area contributed by atoms with Crippen molar-refractivity contribution in [2.24, 2.45) is 5.92 Å². The van der Waals surface area contributed by atoms with Gasteiger partial charge in [0, 0.05) is 17.2 Å². The van der Waals surface area contributed by atoms with E-state index in [1.54, 1.807) is 7.11 Å². The summed E-state index contributed by atoms with van der Waals surface area (Å²) in [5.41, 5.74) is 1.73. The fourth-order valence-electron chi connectivity index (χ4n) is 3.49. The number of ether oxygens (including phenoxy) is 1. The molecule has 1 fully saturated rings. The number of amides is 1. The van der Waals surface area contributed by atoms with Gasteiger partial charge in [0.2, 0.25) is 17.6 Å². The maximum Gasteiger partial charge on any atom is 0.241 e. The summed E-state index contributed by atoms with van der Waals surface area (Å²) < 4.78 is 10.6. The first-order chi connectivity index (χ1) is 14.2. The summed E-state index contributed by atoms with van der Waals surface area (Å²) >= 11 is 0. The van der Waals surface area contributed by atoms with Crippen LogP contribution in [0.4, 0.5) is 5.69 Å². The predicted molar refractivity (Wildman–Crippen MR) is 109 cm³/mol. The molecular formula is C22H24N4O3. The van der Waals surface area contributed by atoms with E-state index in [0.29, 0.717) is 18.3 Å². The van der Waals surface area contributed by atoms with Gasteiger partial charge in [-0.2, -0.15) is 4.98 Å². The quantitative estimate of drug-likeness (QED) is 0.690. The largest absolute Gasteiger partial charge is 0.497 e. The van der Waals surface area contributed by atoms with Gasteiger partial charge >= 0.3 is 0 Å². The van der Waals surface area contributed by atoms with E-state index in [9.17, 15) is 4.79 Å². The van der Waals surface area contributed by atoms with Gasteiger partial charge in [-0.25, -0.2) is 0 Å². The zero-order valence-electron chi connectivity index (χ0n) is 16.4. The number of hydrogen-bond donors (Lipinski definition) is 1. The first-order valence-electron chi connectivity index (χ1n) is 9.76. The molecule has 7 nitrogen and oxygen atoms in total. The Morgan fingerprint density at radius 1 is 1.14 bits per heavy atom. The van der Waals surface area contributed by atoms with Crippen LogP contribution >= 0.6 is 0 Å². The zero-order valence-corrected chi connectivity index (χ0v) is 16.4. The molecule has 1 amide bonds. The molecule has 7 heteroatoms. The number of nitrogens with one attached hydrogen (secondary N) is 1. The molecule has 4 rings (SSSR count). The van der Waals surface area contributed by atoms with Crippen molar-refractivity contribution in [3.63, 3.8) is 0 Å². The molecule has 150 valence electrons. The van der Waals surface area contributed by atoms with Crippen molar-refractivity contribution in [3.8, 4) is 17.1 Å². The van der Waals surface area contributed by atoms with E-state index < -0.39 is 0 Å². The molecule has 1 aromatic heterocycles. The Morgan fingerprint density at radius 2 is 1.86 bits per heavy atom. The maximum atomic E-state index is 12.5. The highest BCUT2D eigenvalue weighted by Crippen LogP contribution is 2.23. The fourth-order valence-corrected chi connectivity index (χ4v) is 3.49. The number of hydrogen-bond acceptors (Lipinski definition) is 6. The number of likely N-dealkylation sites (tertiary alicyclic amines) is 1. The normalized spacial score (nSPS) is 15.2. The molecule has 0 saturated carbocycles. The minimum Gasteiger partial charge on any atom is -0.497 e. The van der Waals surface area contributed by atoms with Crippen molar-refractivity contribution in [3.05, 3.63) is 60.5 Å². The van der Waals surface area contributed by atoms with Gasteiger partial charge in [0.15, 0.2) is 0 Å². The minimum absolute atomic E-state index is 0.0315. The number of anilines is 1. The number of para-hydroxylation sites is 1. The second-order valence-corrected chi connectivity index (χ2v) is 7.15. The molecule has 1 N–H and O–H groups in total. The molecule has 3 aromatic rings. The summed E-state index contributed by atoms with van der Waals surface area (Å²) in [6.45, 7) is 2.25. The summed E-state index contributed by atoms with van der Waals surface area (Å²) in [6, 6.07) is 17.1. The molecule has 2 heterocycles. The van der Waals surface area contributed by atoms with Crippen molar-refractivity contribution >= 4 is 11.6 Å². The van der Waals surface area contributed by atoms with Crippen LogP contribution in [0.1, 0.15) is 18.7 Å². The predicted octanol–water partition coefficient (Wildman–Crippen LogP) is 3.60. The second-order valence-electron chi connectivity index (χ2n) is 7.15. The molecule has 0 aliphatic carbocycles. The molecule has 2 aromatic carbocycles. The van der Waals surface area contributed by atoms with Gasteiger partial charge in [0.1, 0.15) is 5.75 Å². The van der Waals surface area contributed by atoms with Crippen LogP contribution in [0.15, 0.2) is 59.1 Å². The number of benzene rings is 2. The molecule has 0 spiro atoms. The summed E-state index contributed by atoms with van der Waals surface area (Å²) in [4.78, 5) is 19.2. The minimum atomic E-state index is 0.0315. The topological polar surface area (TPSA) is 80.5 Å². The van der Waals surface area contributed by atoms with E-state index in [1.807, 2.05) is 54.6 Å². The van der Waals surface area contributed by atoms with Gasteiger partial charge in [0.05, 0.1) is 13.7 Å². The summed E-state index contributed by atoms with van der Waals surface area (Å²) in [5.74, 6) is 2.07. The zero-order chi connectivity index (χ0) is 20.1. The summed E-state index contributed by atoms with van der Waals surface area (Å²) in [7, 11) is 1.63. The molecule has 1 aliphatic rings. The number of piperidine rings is 1. The Balaban J connectivity index is 1.28. The summed E-state index contributed by atoms with van der Waals surface area (Å²) in [5, 5.41) is 7.08. The number of methoxy groups -OCH3 is 1. The van der Waals surface area contributed by atoms with Crippen molar-refractivity contribution in [1.29, 1.82) is 0 Å². The van der Waals surface area contributed by atoms with Crippen LogP contribution in [0.5, 0.6) is 5.75 Å². The fraction of sp³-hybridized carbons (Fsp3) is 0.318. The van der Waals surface area contributed by atoms with Crippen molar-refractivity contribution < 1.29 is 14.1 Å². The van der Waals surface area contributed by atoms with Crippen LogP contribution < -0.4 is 10.1 Å². The third kappa shape index (κ3) is 4.81. The Labute approximate surface area is 169 Å². The van der Waals surface area contributed by atoms with E-state index in [2.05, 4.69) is 20.4 Å². The lowest BCUT2D eigenvalue weighted by Gasteiger charge is -2.30. The van der Waals surface area contributed by atoms with Crippen molar-refractivity contribution in [2.45, 2.75) is 19.4 Å². The second kappa shape index (κ2) is 8.87. The lowest BCUT2D eigenvalue weighted by atomic mass is 9.96. The van der Waals surface area contributed by atoms with Crippen molar-refractivity contribution in [2.75, 3.05) is 25.5 Å². The van der Waals surface area contributed by atoms with Gasteiger partial charge in [-0.1, -0.05) is 23.4 Å². The van der Waals surface area contributed by atoms with E-state index >= 15 is 0 Å². The lowest BCUT2D eigenvalue weighted by Crippen LogP contribution is -2.37. The number of nitrogens with zero attached hydrogens (tertiary/aromatic N) is 3. The lowest BCUT2D eigenvalue weighted by molar-refractivity contribution is -0.121. The number of carbonyl (C=O) groups excluding carboxylic acids is 1. The van der Waals surface area contributed by atoms with Crippen LogP contribution in [0.3, 0.4) is 0 Å². The van der Waals surface area contributed by atoms with Gasteiger partial charge in [0.25, 0.3) is 0 Å². The van der Waals surface area contributed by atoms with Crippen molar-refractivity contribution in [1.82, 2.24) is 15.0 Å². The maximum absolute atomic E-state index is 12.5. The van der Waals surface area contributed by atoms with Gasteiger partial charge in [-0.05, 0) is 62.3 Å². The Hall–Kier alpha value is -3.19. The van der Waals surface area contributed by atoms with Crippen LogP contribution in [0, 0.1) is 5.92 Å². The van der Waals surface area contributed by atoms with E-state index in [4.69, 9.17) is 9.26 Å². The van der Waals surface area contributed by atoms with Crippen LogP contribution in [0.2, 0.25) is 0 Å². The van der Waals surface area contributed by atoms with E-state index in [1.165, 1.54) is 0 Å². The van der Waals surface area contributed by atoms with Gasteiger partial charge in [-0.3, -0.25) is 9.69 Å². The molecule has 0 unspecified atom stereocenters. The first-order valence-corrected chi connectivity index (χ1v) is 9.76.